The number of hydrazine groups is 1. The fourth-order valence-corrected chi connectivity index (χ4v) is 3.66. The van der Waals surface area contributed by atoms with Crippen molar-refractivity contribution in [3.05, 3.63) is 96.1 Å². The zero-order valence-corrected chi connectivity index (χ0v) is 15.2. The van der Waals surface area contributed by atoms with Crippen LogP contribution in [0.2, 0.25) is 0 Å². The second-order valence-electron chi connectivity index (χ2n) is 6.87. The van der Waals surface area contributed by atoms with E-state index in [1.807, 2.05) is 0 Å². The maximum absolute atomic E-state index is 3.50. The summed E-state index contributed by atoms with van der Waals surface area (Å²) in [5.74, 6) is 0. The Morgan fingerprint density at radius 3 is 1.35 bits per heavy atom. The third-order valence-corrected chi connectivity index (χ3v) is 5.10. The Morgan fingerprint density at radius 1 is 0.500 bits per heavy atom. The SMILES string of the molecule is CC(NNC(C)c1cccc2ccccc12)c1cccc2ccccc12. The van der Waals surface area contributed by atoms with Gasteiger partial charge in [-0.05, 0) is 46.5 Å². The van der Waals surface area contributed by atoms with Crippen molar-refractivity contribution in [3.63, 3.8) is 0 Å². The Kier molecular flexibility index (Phi) is 4.70. The summed E-state index contributed by atoms with van der Waals surface area (Å²) in [6, 6.07) is 30.5. The molecule has 4 rings (SSSR count). The van der Waals surface area contributed by atoms with Gasteiger partial charge in [-0.25, -0.2) is 0 Å². The number of rotatable bonds is 5. The van der Waals surface area contributed by atoms with Gasteiger partial charge in [-0.2, -0.15) is 0 Å². The van der Waals surface area contributed by atoms with Crippen molar-refractivity contribution in [1.29, 1.82) is 0 Å². The number of hydrogen-bond donors (Lipinski definition) is 2. The van der Waals surface area contributed by atoms with E-state index in [9.17, 15) is 0 Å². The lowest BCUT2D eigenvalue weighted by molar-refractivity contribution is 0.413. The highest BCUT2D eigenvalue weighted by Crippen LogP contribution is 2.26. The van der Waals surface area contributed by atoms with Crippen LogP contribution in [-0.4, -0.2) is 0 Å². The predicted octanol–water partition coefficient (Wildman–Crippen LogP) is 5.91. The van der Waals surface area contributed by atoms with Crippen LogP contribution in [-0.2, 0) is 0 Å². The zero-order chi connectivity index (χ0) is 17.9. The van der Waals surface area contributed by atoms with Gasteiger partial charge in [0.1, 0.15) is 0 Å². The summed E-state index contributed by atoms with van der Waals surface area (Å²) in [6.07, 6.45) is 0. The third-order valence-electron chi connectivity index (χ3n) is 5.10. The highest BCUT2D eigenvalue weighted by atomic mass is 15.4. The largest absolute Gasteiger partial charge is 0.250 e. The van der Waals surface area contributed by atoms with Gasteiger partial charge in [-0.1, -0.05) is 84.9 Å². The number of hydrogen-bond acceptors (Lipinski definition) is 2. The van der Waals surface area contributed by atoms with Crippen LogP contribution in [0.4, 0.5) is 0 Å². The van der Waals surface area contributed by atoms with Crippen LogP contribution in [0.15, 0.2) is 84.9 Å². The van der Waals surface area contributed by atoms with E-state index in [0.29, 0.717) is 0 Å². The monoisotopic (exact) mass is 340 g/mol. The fraction of sp³-hybridized carbons (Fsp3) is 0.167. The molecule has 2 heteroatoms. The van der Waals surface area contributed by atoms with Crippen molar-refractivity contribution in [1.82, 2.24) is 10.9 Å². The molecule has 4 aromatic carbocycles. The summed E-state index contributed by atoms with van der Waals surface area (Å²) >= 11 is 0. The summed E-state index contributed by atoms with van der Waals surface area (Å²) in [5.41, 5.74) is 9.62. The molecule has 0 bridgehead atoms. The van der Waals surface area contributed by atoms with Gasteiger partial charge in [0.25, 0.3) is 0 Å². The minimum absolute atomic E-state index is 0.207. The van der Waals surface area contributed by atoms with Crippen molar-refractivity contribution in [2.45, 2.75) is 25.9 Å². The smallest absolute Gasteiger partial charge is 0.0440 e. The lowest BCUT2D eigenvalue weighted by Crippen LogP contribution is -2.36. The van der Waals surface area contributed by atoms with E-state index in [2.05, 4.69) is 110 Å². The van der Waals surface area contributed by atoms with Crippen LogP contribution in [0.5, 0.6) is 0 Å². The summed E-state index contributed by atoms with van der Waals surface area (Å²) in [5, 5.41) is 5.16. The Morgan fingerprint density at radius 2 is 0.885 bits per heavy atom. The maximum atomic E-state index is 3.50. The van der Waals surface area contributed by atoms with Crippen LogP contribution in [0.3, 0.4) is 0 Å². The van der Waals surface area contributed by atoms with E-state index in [1.165, 1.54) is 32.7 Å². The van der Waals surface area contributed by atoms with Gasteiger partial charge in [-0.15, -0.1) is 0 Å². The Hall–Kier alpha value is -2.68. The second-order valence-corrected chi connectivity index (χ2v) is 6.87. The Balaban J connectivity index is 1.54. The first-order chi connectivity index (χ1) is 12.7. The molecule has 0 aliphatic heterocycles. The van der Waals surface area contributed by atoms with E-state index < -0.39 is 0 Å². The predicted molar refractivity (Wildman–Crippen MR) is 111 cm³/mol. The van der Waals surface area contributed by atoms with Crippen LogP contribution >= 0.6 is 0 Å². The topological polar surface area (TPSA) is 24.1 Å². The third kappa shape index (κ3) is 3.22. The molecule has 0 spiro atoms. The van der Waals surface area contributed by atoms with E-state index in [-0.39, 0.29) is 12.1 Å². The van der Waals surface area contributed by atoms with Crippen molar-refractivity contribution in [2.24, 2.45) is 0 Å². The van der Waals surface area contributed by atoms with Gasteiger partial charge in [-0.3, -0.25) is 10.9 Å². The molecular formula is C24H24N2. The molecule has 2 atom stereocenters. The van der Waals surface area contributed by atoms with Crippen LogP contribution < -0.4 is 10.9 Å². The van der Waals surface area contributed by atoms with Crippen LogP contribution in [0.1, 0.15) is 37.1 Å². The first kappa shape index (κ1) is 16.8. The number of fused-ring (bicyclic) bond motifs is 2. The summed E-state index contributed by atoms with van der Waals surface area (Å²) in [7, 11) is 0. The highest BCUT2D eigenvalue weighted by Gasteiger charge is 2.12. The lowest BCUT2D eigenvalue weighted by Gasteiger charge is -2.22. The molecule has 4 aromatic rings. The molecule has 130 valence electrons. The molecule has 0 aromatic heterocycles. The molecule has 2 nitrogen and oxygen atoms in total. The highest BCUT2D eigenvalue weighted by molar-refractivity contribution is 5.86. The first-order valence-corrected chi connectivity index (χ1v) is 9.20. The molecule has 0 saturated carbocycles. The molecule has 0 saturated heterocycles. The van der Waals surface area contributed by atoms with Crippen LogP contribution in [0, 0.1) is 0 Å². The van der Waals surface area contributed by atoms with Crippen molar-refractivity contribution < 1.29 is 0 Å². The van der Waals surface area contributed by atoms with E-state index in [4.69, 9.17) is 0 Å². The molecule has 0 aliphatic carbocycles. The Labute approximate surface area is 154 Å². The molecule has 26 heavy (non-hydrogen) atoms. The molecule has 0 heterocycles. The Bertz CT molecular complexity index is 942. The van der Waals surface area contributed by atoms with Crippen LogP contribution in [0.25, 0.3) is 21.5 Å². The van der Waals surface area contributed by atoms with Crippen molar-refractivity contribution in [3.8, 4) is 0 Å². The van der Waals surface area contributed by atoms with E-state index >= 15 is 0 Å². The fourth-order valence-electron chi connectivity index (χ4n) is 3.66. The second kappa shape index (κ2) is 7.28. The average molecular weight is 340 g/mol. The molecule has 0 fully saturated rings. The summed E-state index contributed by atoms with van der Waals surface area (Å²) in [4.78, 5) is 0. The van der Waals surface area contributed by atoms with Crippen molar-refractivity contribution in [2.75, 3.05) is 0 Å². The standard InChI is InChI=1S/C24H24N2/c1-17(21-15-7-11-19-9-3-5-13-23(19)21)25-26-18(2)22-16-8-12-20-10-4-6-14-24(20)22/h3-18,25-26H,1-2H3. The van der Waals surface area contributed by atoms with E-state index in [0.717, 1.165) is 0 Å². The quantitative estimate of drug-likeness (QED) is 0.441. The van der Waals surface area contributed by atoms with Gasteiger partial charge < -0.3 is 0 Å². The molecule has 0 radical (unpaired) electrons. The van der Waals surface area contributed by atoms with Gasteiger partial charge in [0.15, 0.2) is 0 Å². The van der Waals surface area contributed by atoms with Gasteiger partial charge in [0.05, 0.1) is 0 Å². The van der Waals surface area contributed by atoms with E-state index in [1.54, 1.807) is 0 Å². The van der Waals surface area contributed by atoms with Gasteiger partial charge in [0, 0.05) is 12.1 Å². The normalized spacial score (nSPS) is 13.8. The number of nitrogens with one attached hydrogen (secondary N) is 2. The molecule has 0 aliphatic rings. The minimum Gasteiger partial charge on any atom is -0.250 e. The maximum Gasteiger partial charge on any atom is 0.0440 e. The average Bonchev–Trinajstić information content (AvgIpc) is 2.71. The summed E-state index contributed by atoms with van der Waals surface area (Å²) in [6.45, 7) is 4.40. The number of benzene rings is 4. The molecule has 2 N–H and O–H groups in total. The lowest BCUT2D eigenvalue weighted by atomic mass is 9.99. The minimum atomic E-state index is 0.207. The molecular weight excluding hydrogens is 316 g/mol. The molecule has 2 unspecified atom stereocenters. The van der Waals surface area contributed by atoms with Crippen molar-refractivity contribution >= 4 is 21.5 Å². The molecule has 0 amide bonds. The first-order valence-electron chi connectivity index (χ1n) is 9.20. The van der Waals surface area contributed by atoms with Gasteiger partial charge >= 0.3 is 0 Å². The summed E-state index contributed by atoms with van der Waals surface area (Å²) < 4.78 is 0. The zero-order valence-electron chi connectivity index (χ0n) is 15.2. The van der Waals surface area contributed by atoms with Gasteiger partial charge in [0.2, 0.25) is 0 Å².